The SMILES string of the molecule is COc1ccc(CCC2CCCCN2C(=O)COc2ccc(C(C)=O)cc2OC)cc1OC. The molecule has 0 saturated carbocycles. The van der Waals surface area contributed by atoms with E-state index < -0.39 is 0 Å². The standard InChI is InChI=1S/C26H33NO6/c1-18(28)20-10-13-23(25(16-20)32-4)33-17-26(29)27-14-6-5-7-21(27)11-8-19-9-12-22(30-2)24(15-19)31-3/h9-10,12-13,15-16,21H,5-8,11,14,17H2,1-4H3. The van der Waals surface area contributed by atoms with Gasteiger partial charge in [0.15, 0.2) is 35.4 Å². The van der Waals surface area contributed by atoms with Crippen LogP contribution in [0.25, 0.3) is 0 Å². The molecule has 0 radical (unpaired) electrons. The van der Waals surface area contributed by atoms with Crippen molar-refractivity contribution in [2.45, 2.75) is 45.1 Å². The Labute approximate surface area is 195 Å². The lowest BCUT2D eigenvalue weighted by Gasteiger charge is -2.36. The summed E-state index contributed by atoms with van der Waals surface area (Å²) in [4.78, 5) is 26.6. The van der Waals surface area contributed by atoms with Gasteiger partial charge in [-0.15, -0.1) is 0 Å². The number of amides is 1. The topological polar surface area (TPSA) is 74.3 Å². The van der Waals surface area contributed by atoms with Crippen molar-refractivity contribution in [2.75, 3.05) is 34.5 Å². The molecule has 0 bridgehead atoms. The van der Waals surface area contributed by atoms with Crippen LogP contribution in [-0.4, -0.2) is 57.1 Å². The largest absolute Gasteiger partial charge is 0.493 e. The number of likely N-dealkylation sites (tertiary alicyclic amines) is 1. The quantitative estimate of drug-likeness (QED) is 0.497. The highest BCUT2D eigenvalue weighted by molar-refractivity contribution is 5.94. The van der Waals surface area contributed by atoms with Crippen LogP contribution in [-0.2, 0) is 11.2 Å². The molecule has 7 nitrogen and oxygen atoms in total. The number of hydrogen-bond acceptors (Lipinski definition) is 6. The lowest BCUT2D eigenvalue weighted by molar-refractivity contribution is -0.137. The second kappa shape index (κ2) is 11.6. The number of methoxy groups -OCH3 is 3. The molecule has 0 N–H and O–H groups in total. The summed E-state index contributed by atoms with van der Waals surface area (Å²) in [7, 11) is 4.77. The van der Waals surface area contributed by atoms with Gasteiger partial charge in [0.2, 0.25) is 0 Å². The van der Waals surface area contributed by atoms with Crippen LogP contribution in [0.1, 0.15) is 48.5 Å². The van der Waals surface area contributed by atoms with E-state index in [-0.39, 0.29) is 24.3 Å². The van der Waals surface area contributed by atoms with E-state index in [2.05, 4.69) is 0 Å². The molecule has 1 heterocycles. The van der Waals surface area contributed by atoms with Crippen molar-refractivity contribution in [1.82, 2.24) is 4.90 Å². The number of Topliss-reactive ketones (excluding diaryl/α,β-unsaturated/α-hetero) is 1. The van der Waals surface area contributed by atoms with E-state index in [1.165, 1.54) is 14.0 Å². The monoisotopic (exact) mass is 455 g/mol. The van der Waals surface area contributed by atoms with Gasteiger partial charge in [-0.05, 0) is 74.9 Å². The molecule has 2 aromatic rings. The van der Waals surface area contributed by atoms with E-state index in [1.807, 2.05) is 23.1 Å². The number of benzene rings is 2. The molecule has 33 heavy (non-hydrogen) atoms. The van der Waals surface area contributed by atoms with Crippen molar-refractivity contribution in [3.63, 3.8) is 0 Å². The lowest BCUT2D eigenvalue weighted by Crippen LogP contribution is -2.46. The maximum absolute atomic E-state index is 13.0. The van der Waals surface area contributed by atoms with Gasteiger partial charge in [-0.25, -0.2) is 0 Å². The number of ether oxygens (including phenoxy) is 4. The third-order valence-corrected chi connectivity index (χ3v) is 6.08. The molecule has 1 aliphatic rings. The zero-order valence-corrected chi connectivity index (χ0v) is 19.9. The third-order valence-electron chi connectivity index (χ3n) is 6.08. The van der Waals surface area contributed by atoms with Crippen molar-refractivity contribution >= 4 is 11.7 Å². The van der Waals surface area contributed by atoms with Crippen LogP contribution in [0.15, 0.2) is 36.4 Å². The molecule has 1 aliphatic heterocycles. The number of rotatable bonds is 10. The molecule has 2 aromatic carbocycles. The fourth-order valence-electron chi connectivity index (χ4n) is 4.23. The summed E-state index contributed by atoms with van der Waals surface area (Å²) in [6, 6.07) is 11.1. The normalized spacial score (nSPS) is 15.6. The Hall–Kier alpha value is -3.22. The molecular formula is C26H33NO6. The molecule has 3 rings (SSSR count). The summed E-state index contributed by atoms with van der Waals surface area (Å²) >= 11 is 0. The molecular weight excluding hydrogens is 422 g/mol. The van der Waals surface area contributed by atoms with Gasteiger partial charge < -0.3 is 23.8 Å². The predicted molar refractivity (Wildman–Crippen MR) is 126 cm³/mol. The molecule has 0 aliphatic carbocycles. The first kappa shape index (κ1) is 24.4. The average Bonchev–Trinajstić information content (AvgIpc) is 2.85. The smallest absolute Gasteiger partial charge is 0.260 e. The van der Waals surface area contributed by atoms with Crippen molar-refractivity contribution in [2.24, 2.45) is 0 Å². The van der Waals surface area contributed by atoms with Gasteiger partial charge >= 0.3 is 0 Å². The van der Waals surface area contributed by atoms with Crippen LogP contribution in [0.5, 0.6) is 23.0 Å². The van der Waals surface area contributed by atoms with E-state index in [1.54, 1.807) is 32.4 Å². The maximum atomic E-state index is 13.0. The van der Waals surface area contributed by atoms with Gasteiger partial charge in [0.25, 0.3) is 5.91 Å². The first-order valence-electron chi connectivity index (χ1n) is 11.3. The zero-order chi connectivity index (χ0) is 23.8. The Morgan fingerprint density at radius 2 is 1.61 bits per heavy atom. The summed E-state index contributed by atoms with van der Waals surface area (Å²) < 4.78 is 21.8. The Bertz CT molecular complexity index is 973. The van der Waals surface area contributed by atoms with Crippen molar-refractivity contribution in [3.05, 3.63) is 47.5 Å². The van der Waals surface area contributed by atoms with Crippen molar-refractivity contribution in [3.8, 4) is 23.0 Å². The van der Waals surface area contributed by atoms with Gasteiger partial charge in [0, 0.05) is 18.2 Å². The summed E-state index contributed by atoms with van der Waals surface area (Å²) in [6.07, 6.45) is 4.81. The first-order valence-corrected chi connectivity index (χ1v) is 11.3. The number of carbonyl (C=O) groups is 2. The third kappa shape index (κ3) is 6.18. The minimum atomic E-state index is -0.0668. The summed E-state index contributed by atoms with van der Waals surface area (Å²) in [5.41, 5.74) is 1.69. The lowest BCUT2D eigenvalue weighted by atomic mass is 9.95. The van der Waals surface area contributed by atoms with Gasteiger partial charge in [0.1, 0.15) is 0 Å². The minimum absolute atomic E-state index is 0.0373. The molecule has 1 unspecified atom stereocenters. The van der Waals surface area contributed by atoms with Crippen LogP contribution in [0.3, 0.4) is 0 Å². The van der Waals surface area contributed by atoms with Gasteiger partial charge in [-0.1, -0.05) is 6.07 Å². The number of piperidine rings is 1. The fraction of sp³-hybridized carbons (Fsp3) is 0.462. The molecule has 178 valence electrons. The Morgan fingerprint density at radius 3 is 2.30 bits per heavy atom. The van der Waals surface area contributed by atoms with E-state index >= 15 is 0 Å². The van der Waals surface area contributed by atoms with Gasteiger partial charge in [-0.3, -0.25) is 9.59 Å². The minimum Gasteiger partial charge on any atom is -0.493 e. The number of aryl methyl sites for hydroxylation is 1. The van der Waals surface area contributed by atoms with Crippen LogP contribution in [0, 0.1) is 0 Å². The Morgan fingerprint density at radius 1 is 0.909 bits per heavy atom. The maximum Gasteiger partial charge on any atom is 0.260 e. The van der Waals surface area contributed by atoms with Crippen molar-refractivity contribution in [1.29, 1.82) is 0 Å². The zero-order valence-electron chi connectivity index (χ0n) is 19.9. The molecule has 1 amide bonds. The van der Waals surface area contributed by atoms with Gasteiger partial charge in [0.05, 0.1) is 21.3 Å². The number of hydrogen-bond donors (Lipinski definition) is 0. The molecule has 1 fully saturated rings. The van der Waals surface area contributed by atoms with E-state index in [0.29, 0.717) is 28.6 Å². The van der Waals surface area contributed by atoms with Crippen molar-refractivity contribution < 1.29 is 28.5 Å². The molecule has 1 saturated heterocycles. The summed E-state index contributed by atoms with van der Waals surface area (Å²) in [5.74, 6) is 2.23. The van der Waals surface area contributed by atoms with E-state index in [4.69, 9.17) is 18.9 Å². The molecule has 7 heteroatoms. The fourth-order valence-corrected chi connectivity index (χ4v) is 4.23. The molecule has 0 aromatic heterocycles. The number of carbonyl (C=O) groups excluding carboxylic acids is 2. The molecule has 1 atom stereocenters. The Balaban J connectivity index is 1.62. The highest BCUT2D eigenvalue weighted by atomic mass is 16.5. The number of nitrogens with zero attached hydrogens (tertiary/aromatic N) is 1. The summed E-state index contributed by atoms with van der Waals surface area (Å²) in [6.45, 7) is 2.17. The van der Waals surface area contributed by atoms with Gasteiger partial charge in [-0.2, -0.15) is 0 Å². The Kier molecular flexibility index (Phi) is 8.58. The first-order chi connectivity index (χ1) is 16.0. The second-order valence-corrected chi connectivity index (χ2v) is 8.18. The molecule has 0 spiro atoms. The van der Waals surface area contributed by atoms with Crippen LogP contribution in [0.2, 0.25) is 0 Å². The van der Waals surface area contributed by atoms with E-state index in [9.17, 15) is 9.59 Å². The van der Waals surface area contributed by atoms with E-state index in [0.717, 1.165) is 44.2 Å². The van der Waals surface area contributed by atoms with Crippen LogP contribution < -0.4 is 18.9 Å². The average molecular weight is 456 g/mol. The highest BCUT2D eigenvalue weighted by Gasteiger charge is 2.27. The summed E-state index contributed by atoms with van der Waals surface area (Å²) in [5, 5.41) is 0. The second-order valence-electron chi connectivity index (χ2n) is 8.18. The highest BCUT2D eigenvalue weighted by Crippen LogP contribution is 2.30. The predicted octanol–water partition coefficient (Wildman–Crippen LogP) is 4.31. The number of ketones is 1. The van der Waals surface area contributed by atoms with Crippen LogP contribution >= 0.6 is 0 Å². The van der Waals surface area contributed by atoms with Crippen LogP contribution in [0.4, 0.5) is 0 Å².